The minimum Gasteiger partial charge on any atom is -0.351 e. The Labute approximate surface area is 127 Å². The molecule has 0 radical (unpaired) electrons. The van der Waals surface area contributed by atoms with E-state index in [-0.39, 0.29) is 11.5 Å². The maximum atomic E-state index is 12.1. The molecule has 108 valence electrons. The van der Waals surface area contributed by atoms with Gasteiger partial charge in [0.15, 0.2) is 0 Å². The van der Waals surface area contributed by atoms with Crippen LogP contribution in [-0.2, 0) is 6.42 Å². The fourth-order valence-electron chi connectivity index (χ4n) is 2.49. The summed E-state index contributed by atoms with van der Waals surface area (Å²) in [6.07, 6.45) is 2.53. The van der Waals surface area contributed by atoms with Crippen molar-refractivity contribution >= 4 is 17.7 Å². The average Bonchev–Trinajstić information content (AvgIpc) is 2.53. The zero-order chi connectivity index (χ0) is 14.7. The number of amides is 1. The first-order valence-corrected chi connectivity index (χ1v) is 7.95. The monoisotopic (exact) mass is 300 g/mol. The second-order valence-corrected chi connectivity index (χ2v) is 6.27. The van der Waals surface area contributed by atoms with Crippen LogP contribution in [-0.4, -0.2) is 23.2 Å². The van der Waals surface area contributed by atoms with Crippen molar-refractivity contribution in [3.63, 3.8) is 0 Å². The fraction of sp³-hybridized carbons (Fsp3) is 0.250. The molecule has 1 aliphatic heterocycles. The quantitative estimate of drug-likeness (QED) is 0.913. The Hall–Kier alpha value is -2.01. The van der Waals surface area contributed by atoms with Gasteiger partial charge in [0.25, 0.3) is 5.91 Å². The molecular formula is C16H16N2O2S. The predicted octanol–water partition coefficient (Wildman–Crippen LogP) is 2.14. The molecule has 21 heavy (non-hydrogen) atoms. The largest absolute Gasteiger partial charge is 0.351 e. The van der Waals surface area contributed by atoms with Gasteiger partial charge < -0.3 is 10.3 Å². The van der Waals surface area contributed by atoms with Gasteiger partial charge in [-0.15, -0.1) is 0 Å². The Kier molecular flexibility index (Phi) is 4.10. The highest BCUT2D eigenvalue weighted by Crippen LogP contribution is 2.35. The van der Waals surface area contributed by atoms with Gasteiger partial charge in [0.2, 0.25) is 5.56 Å². The van der Waals surface area contributed by atoms with Crippen molar-refractivity contribution in [2.45, 2.75) is 11.7 Å². The van der Waals surface area contributed by atoms with Crippen molar-refractivity contribution in [2.75, 3.05) is 12.3 Å². The van der Waals surface area contributed by atoms with Crippen molar-refractivity contribution < 1.29 is 4.79 Å². The molecule has 3 rings (SSSR count). The Morgan fingerprint density at radius 3 is 2.95 bits per heavy atom. The van der Waals surface area contributed by atoms with Crippen LogP contribution in [0.15, 0.2) is 47.4 Å². The van der Waals surface area contributed by atoms with Gasteiger partial charge >= 0.3 is 0 Å². The standard InChI is InChI=1S/C16H16N2O2S/c19-15-6-5-12(9-17-15)16(20)18-10-14-13-4-2-1-3-11(13)7-8-21-14/h1-6,9,14H,7-8,10H2,(H,17,19)(H,18,20). The Bertz CT molecular complexity index is 691. The van der Waals surface area contributed by atoms with Crippen LogP contribution in [0.5, 0.6) is 0 Å². The van der Waals surface area contributed by atoms with Crippen LogP contribution >= 0.6 is 11.8 Å². The molecule has 4 nitrogen and oxygen atoms in total. The van der Waals surface area contributed by atoms with E-state index in [2.05, 4.69) is 28.5 Å². The number of H-pyrrole nitrogens is 1. The van der Waals surface area contributed by atoms with Crippen LogP contribution in [0.3, 0.4) is 0 Å². The van der Waals surface area contributed by atoms with Crippen LogP contribution in [0.2, 0.25) is 0 Å². The molecule has 2 heterocycles. The number of aromatic nitrogens is 1. The number of thioether (sulfide) groups is 1. The van der Waals surface area contributed by atoms with Gasteiger partial charge in [-0.25, -0.2) is 0 Å². The summed E-state index contributed by atoms with van der Waals surface area (Å²) in [4.78, 5) is 25.6. The molecule has 5 heteroatoms. The molecule has 0 bridgehead atoms. The van der Waals surface area contributed by atoms with E-state index in [4.69, 9.17) is 0 Å². The van der Waals surface area contributed by atoms with E-state index in [1.165, 1.54) is 29.5 Å². The van der Waals surface area contributed by atoms with Crippen molar-refractivity contribution in [1.82, 2.24) is 10.3 Å². The number of carbonyl (C=O) groups is 1. The SMILES string of the molecule is O=C(NCC1SCCc2ccccc21)c1ccc(=O)[nH]c1. The van der Waals surface area contributed by atoms with E-state index < -0.39 is 0 Å². The van der Waals surface area contributed by atoms with Crippen molar-refractivity contribution in [1.29, 1.82) is 0 Å². The summed E-state index contributed by atoms with van der Waals surface area (Å²) in [5, 5.41) is 3.24. The third-order valence-electron chi connectivity index (χ3n) is 3.59. The van der Waals surface area contributed by atoms with Gasteiger partial charge in [0.1, 0.15) is 0 Å². The second-order valence-electron chi connectivity index (χ2n) is 4.96. The maximum Gasteiger partial charge on any atom is 0.252 e. The van der Waals surface area contributed by atoms with Gasteiger partial charge in [0, 0.05) is 24.1 Å². The number of nitrogens with one attached hydrogen (secondary N) is 2. The zero-order valence-electron chi connectivity index (χ0n) is 11.5. The molecule has 1 aromatic heterocycles. The van der Waals surface area contributed by atoms with Crippen LogP contribution < -0.4 is 10.9 Å². The third-order valence-corrected chi connectivity index (χ3v) is 4.85. The van der Waals surface area contributed by atoms with Gasteiger partial charge in [-0.1, -0.05) is 24.3 Å². The van der Waals surface area contributed by atoms with Crippen LogP contribution in [0.1, 0.15) is 26.7 Å². The molecule has 0 saturated carbocycles. The Balaban J connectivity index is 1.67. The molecular weight excluding hydrogens is 284 g/mol. The number of carbonyl (C=O) groups excluding carboxylic acids is 1. The lowest BCUT2D eigenvalue weighted by Crippen LogP contribution is -2.29. The number of pyridine rings is 1. The lowest BCUT2D eigenvalue weighted by atomic mass is 10.0. The summed E-state index contributed by atoms with van der Waals surface area (Å²) < 4.78 is 0. The number of aromatic amines is 1. The topological polar surface area (TPSA) is 62.0 Å². The summed E-state index contributed by atoms with van der Waals surface area (Å²) in [5.41, 5.74) is 2.96. The van der Waals surface area contributed by atoms with Crippen molar-refractivity contribution in [2.24, 2.45) is 0 Å². The lowest BCUT2D eigenvalue weighted by molar-refractivity contribution is 0.0953. The molecule has 0 spiro atoms. The number of aryl methyl sites for hydroxylation is 1. The number of hydrogen-bond acceptors (Lipinski definition) is 3. The second kappa shape index (κ2) is 6.18. The Morgan fingerprint density at radius 1 is 1.29 bits per heavy atom. The average molecular weight is 300 g/mol. The molecule has 0 aliphatic carbocycles. The fourth-order valence-corrected chi connectivity index (χ4v) is 3.72. The highest BCUT2D eigenvalue weighted by molar-refractivity contribution is 7.99. The third kappa shape index (κ3) is 3.19. The van der Waals surface area contributed by atoms with Gasteiger partial charge in [0.05, 0.1) is 5.56 Å². The smallest absolute Gasteiger partial charge is 0.252 e. The normalized spacial score (nSPS) is 17.0. The minimum atomic E-state index is -0.205. The van der Waals surface area contributed by atoms with E-state index >= 15 is 0 Å². The molecule has 2 N–H and O–H groups in total. The van der Waals surface area contributed by atoms with E-state index in [9.17, 15) is 9.59 Å². The number of rotatable bonds is 3. The van der Waals surface area contributed by atoms with Crippen LogP contribution in [0, 0.1) is 0 Å². The molecule has 0 fully saturated rings. The summed E-state index contributed by atoms with van der Waals surface area (Å²) in [6, 6.07) is 11.3. The first-order chi connectivity index (χ1) is 10.2. The van der Waals surface area contributed by atoms with E-state index in [1.807, 2.05) is 17.8 Å². The van der Waals surface area contributed by atoms with Crippen LogP contribution in [0.25, 0.3) is 0 Å². The highest BCUT2D eigenvalue weighted by Gasteiger charge is 2.20. The molecule has 1 amide bonds. The summed E-state index contributed by atoms with van der Waals surface area (Å²) in [6.45, 7) is 0.597. The molecule has 1 atom stereocenters. The van der Waals surface area contributed by atoms with E-state index in [0.717, 1.165) is 12.2 Å². The molecule has 1 aliphatic rings. The summed E-state index contributed by atoms with van der Waals surface area (Å²) in [7, 11) is 0. The maximum absolute atomic E-state index is 12.1. The Morgan fingerprint density at radius 2 is 2.14 bits per heavy atom. The van der Waals surface area contributed by atoms with Crippen molar-refractivity contribution in [3.05, 3.63) is 69.6 Å². The zero-order valence-corrected chi connectivity index (χ0v) is 12.3. The lowest BCUT2D eigenvalue weighted by Gasteiger charge is -2.25. The number of hydrogen-bond donors (Lipinski definition) is 2. The molecule has 0 saturated heterocycles. The minimum absolute atomic E-state index is 0.157. The first kappa shape index (κ1) is 13.9. The summed E-state index contributed by atoms with van der Waals surface area (Å²) >= 11 is 1.87. The molecule has 2 aromatic rings. The number of benzene rings is 1. The molecule has 1 aromatic carbocycles. The van der Waals surface area contributed by atoms with E-state index in [0.29, 0.717) is 17.4 Å². The van der Waals surface area contributed by atoms with E-state index in [1.54, 1.807) is 0 Å². The number of fused-ring (bicyclic) bond motifs is 1. The summed E-state index contributed by atoms with van der Waals surface area (Å²) in [5.74, 6) is 0.922. The van der Waals surface area contributed by atoms with Gasteiger partial charge in [-0.2, -0.15) is 11.8 Å². The van der Waals surface area contributed by atoms with Crippen molar-refractivity contribution in [3.8, 4) is 0 Å². The highest BCUT2D eigenvalue weighted by atomic mass is 32.2. The van der Waals surface area contributed by atoms with Gasteiger partial charge in [-0.05, 0) is 29.4 Å². The first-order valence-electron chi connectivity index (χ1n) is 6.90. The molecule has 1 unspecified atom stereocenters. The van der Waals surface area contributed by atoms with Gasteiger partial charge in [-0.3, -0.25) is 9.59 Å². The predicted molar refractivity (Wildman–Crippen MR) is 84.7 cm³/mol. The van der Waals surface area contributed by atoms with Crippen LogP contribution in [0.4, 0.5) is 0 Å².